The van der Waals surface area contributed by atoms with E-state index in [-0.39, 0.29) is 17.9 Å². The summed E-state index contributed by atoms with van der Waals surface area (Å²) in [5, 5.41) is 8.00. The van der Waals surface area contributed by atoms with Crippen molar-refractivity contribution in [3.05, 3.63) is 35.0 Å². The highest BCUT2D eigenvalue weighted by atomic mass is 16.5. The smallest absolute Gasteiger partial charge is 0.293 e. The molecule has 0 spiro atoms. The van der Waals surface area contributed by atoms with Gasteiger partial charge in [-0.05, 0) is 25.7 Å². The van der Waals surface area contributed by atoms with Crippen molar-refractivity contribution in [1.29, 1.82) is 0 Å². The van der Waals surface area contributed by atoms with Gasteiger partial charge >= 0.3 is 0 Å². The van der Waals surface area contributed by atoms with Crippen molar-refractivity contribution in [2.75, 3.05) is 6.54 Å². The van der Waals surface area contributed by atoms with Gasteiger partial charge in [-0.2, -0.15) is 0 Å². The van der Waals surface area contributed by atoms with E-state index < -0.39 is 0 Å². The number of hydrogen-bond donors (Lipinski definition) is 0. The Morgan fingerprint density at radius 3 is 2.76 bits per heavy atom. The molecule has 0 saturated carbocycles. The zero-order valence-corrected chi connectivity index (χ0v) is 12.5. The van der Waals surface area contributed by atoms with E-state index in [9.17, 15) is 4.79 Å². The second-order valence-electron chi connectivity index (χ2n) is 5.79. The van der Waals surface area contributed by atoms with Crippen LogP contribution >= 0.6 is 0 Å². The Bertz CT molecular complexity index is 644. The molecule has 1 atom stereocenters. The summed E-state index contributed by atoms with van der Waals surface area (Å²) < 4.78 is 10.3. The van der Waals surface area contributed by atoms with E-state index in [1.165, 1.54) is 0 Å². The summed E-state index contributed by atoms with van der Waals surface area (Å²) in [6.07, 6.45) is 1.84. The molecule has 1 amide bonds. The maximum absolute atomic E-state index is 12.6. The summed E-state index contributed by atoms with van der Waals surface area (Å²) in [6, 6.07) is 3.58. The van der Waals surface area contributed by atoms with Gasteiger partial charge in [-0.25, -0.2) is 0 Å². The fraction of sp³-hybridized carbons (Fsp3) is 0.533. The van der Waals surface area contributed by atoms with Crippen LogP contribution in [0.5, 0.6) is 0 Å². The minimum absolute atomic E-state index is 0.0393. The van der Waals surface area contributed by atoms with Gasteiger partial charge in [0.1, 0.15) is 11.5 Å². The minimum Gasteiger partial charge on any atom is -0.361 e. The van der Waals surface area contributed by atoms with E-state index >= 15 is 0 Å². The molecule has 1 saturated heterocycles. The first kappa shape index (κ1) is 13.9. The van der Waals surface area contributed by atoms with Crippen LogP contribution in [0.15, 0.2) is 21.2 Å². The molecule has 3 rings (SSSR count). The maximum Gasteiger partial charge on any atom is 0.293 e. The monoisotopic (exact) mass is 289 g/mol. The molecule has 3 heterocycles. The first-order chi connectivity index (χ1) is 10.1. The number of aromatic nitrogens is 2. The summed E-state index contributed by atoms with van der Waals surface area (Å²) in [6.45, 7) is 6.59. The van der Waals surface area contributed by atoms with Gasteiger partial charge < -0.3 is 13.9 Å². The van der Waals surface area contributed by atoms with Gasteiger partial charge in [0, 0.05) is 18.7 Å². The number of amides is 1. The molecule has 1 fully saturated rings. The highest BCUT2D eigenvalue weighted by Gasteiger charge is 2.34. The predicted octanol–water partition coefficient (Wildman–Crippen LogP) is 3.07. The van der Waals surface area contributed by atoms with Gasteiger partial charge in [-0.1, -0.05) is 24.2 Å². The van der Waals surface area contributed by atoms with Crippen molar-refractivity contribution in [3.63, 3.8) is 0 Å². The summed E-state index contributed by atoms with van der Waals surface area (Å²) in [7, 11) is 0. The highest BCUT2D eigenvalue weighted by Crippen LogP contribution is 2.33. The Morgan fingerprint density at radius 1 is 1.33 bits per heavy atom. The Morgan fingerprint density at radius 2 is 2.14 bits per heavy atom. The van der Waals surface area contributed by atoms with Gasteiger partial charge in [0.25, 0.3) is 5.91 Å². The largest absolute Gasteiger partial charge is 0.361 e. The van der Waals surface area contributed by atoms with Crippen LogP contribution in [0.4, 0.5) is 0 Å². The standard InChI is InChI=1S/C15H19N3O3/c1-9(2)11-8-14(21-16-11)15(19)18-6-4-5-13(18)12-7-10(3)20-17-12/h7-9,13H,4-6H2,1-3H3/t13-/m0/s1. The van der Waals surface area contributed by atoms with Crippen LogP contribution < -0.4 is 0 Å². The lowest BCUT2D eigenvalue weighted by atomic mass is 10.1. The van der Waals surface area contributed by atoms with E-state index in [0.717, 1.165) is 30.0 Å². The molecule has 2 aromatic rings. The third-order valence-corrected chi connectivity index (χ3v) is 3.83. The SMILES string of the molecule is Cc1cc([C@@H]2CCCN2C(=O)c2cc(C(C)C)no2)no1. The molecule has 0 unspecified atom stereocenters. The average Bonchev–Trinajstić information content (AvgIpc) is 3.17. The van der Waals surface area contributed by atoms with Crippen LogP contribution in [0.2, 0.25) is 0 Å². The number of aryl methyl sites for hydroxylation is 1. The van der Waals surface area contributed by atoms with E-state index in [1.54, 1.807) is 11.0 Å². The molecular formula is C15H19N3O3. The number of nitrogens with zero attached hydrogens (tertiary/aromatic N) is 3. The maximum atomic E-state index is 12.6. The predicted molar refractivity (Wildman–Crippen MR) is 74.8 cm³/mol. The third kappa shape index (κ3) is 2.57. The van der Waals surface area contributed by atoms with E-state index in [1.807, 2.05) is 26.8 Å². The molecule has 2 aromatic heterocycles. The molecular weight excluding hydrogens is 270 g/mol. The lowest BCUT2D eigenvalue weighted by Crippen LogP contribution is -2.30. The number of carbonyl (C=O) groups excluding carboxylic acids is 1. The van der Waals surface area contributed by atoms with E-state index in [2.05, 4.69) is 10.3 Å². The molecule has 1 aliphatic rings. The second-order valence-corrected chi connectivity index (χ2v) is 5.79. The van der Waals surface area contributed by atoms with Gasteiger partial charge in [-0.3, -0.25) is 4.79 Å². The molecule has 0 N–H and O–H groups in total. The van der Waals surface area contributed by atoms with Crippen molar-refractivity contribution < 1.29 is 13.8 Å². The van der Waals surface area contributed by atoms with Crippen LogP contribution in [0, 0.1) is 6.92 Å². The summed E-state index contributed by atoms with van der Waals surface area (Å²) in [4.78, 5) is 14.4. The van der Waals surface area contributed by atoms with Gasteiger partial charge in [0.15, 0.2) is 0 Å². The van der Waals surface area contributed by atoms with Crippen molar-refractivity contribution in [2.24, 2.45) is 0 Å². The van der Waals surface area contributed by atoms with Crippen LogP contribution in [-0.2, 0) is 0 Å². The summed E-state index contributed by atoms with van der Waals surface area (Å²) in [5.74, 6) is 1.16. The number of likely N-dealkylation sites (tertiary alicyclic amines) is 1. The van der Waals surface area contributed by atoms with Gasteiger partial charge in [0.05, 0.1) is 11.7 Å². The molecule has 21 heavy (non-hydrogen) atoms. The average molecular weight is 289 g/mol. The zero-order valence-electron chi connectivity index (χ0n) is 12.5. The lowest BCUT2D eigenvalue weighted by molar-refractivity contribution is 0.0688. The number of carbonyl (C=O) groups is 1. The minimum atomic E-state index is -0.127. The molecule has 0 radical (unpaired) electrons. The van der Waals surface area contributed by atoms with Gasteiger partial charge in [-0.15, -0.1) is 0 Å². The zero-order chi connectivity index (χ0) is 15.0. The Kier molecular flexibility index (Phi) is 3.53. The summed E-state index contributed by atoms with van der Waals surface area (Å²) in [5.41, 5.74) is 1.60. The topological polar surface area (TPSA) is 72.4 Å². The van der Waals surface area contributed by atoms with E-state index in [4.69, 9.17) is 9.05 Å². The molecule has 1 aliphatic heterocycles. The number of hydrogen-bond acceptors (Lipinski definition) is 5. The van der Waals surface area contributed by atoms with Crippen molar-refractivity contribution >= 4 is 5.91 Å². The molecule has 6 nitrogen and oxygen atoms in total. The quantitative estimate of drug-likeness (QED) is 0.868. The molecule has 0 aromatic carbocycles. The Hall–Kier alpha value is -2.11. The fourth-order valence-electron chi connectivity index (χ4n) is 2.66. The van der Waals surface area contributed by atoms with E-state index in [0.29, 0.717) is 12.3 Å². The van der Waals surface area contributed by atoms with Crippen LogP contribution in [0.25, 0.3) is 0 Å². The third-order valence-electron chi connectivity index (χ3n) is 3.83. The molecule has 6 heteroatoms. The van der Waals surface area contributed by atoms with Gasteiger partial charge in [0.2, 0.25) is 5.76 Å². The molecule has 0 aliphatic carbocycles. The van der Waals surface area contributed by atoms with Crippen LogP contribution in [0.3, 0.4) is 0 Å². The fourth-order valence-corrected chi connectivity index (χ4v) is 2.66. The number of rotatable bonds is 3. The van der Waals surface area contributed by atoms with Crippen LogP contribution in [-0.4, -0.2) is 27.7 Å². The lowest BCUT2D eigenvalue weighted by Gasteiger charge is -2.21. The van der Waals surface area contributed by atoms with Crippen molar-refractivity contribution in [2.45, 2.75) is 45.6 Å². The first-order valence-electron chi connectivity index (χ1n) is 7.27. The second kappa shape index (κ2) is 5.35. The Balaban J connectivity index is 1.82. The van der Waals surface area contributed by atoms with Crippen molar-refractivity contribution in [1.82, 2.24) is 15.2 Å². The summed E-state index contributed by atoms with van der Waals surface area (Å²) >= 11 is 0. The first-order valence-corrected chi connectivity index (χ1v) is 7.27. The highest BCUT2D eigenvalue weighted by molar-refractivity contribution is 5.92. The molecule has 0 bridgehead atoms. The van der Waals surface area contributed by atoms with Crippen molar-refractivity contribution in [3.8, 4) is 0 Å². The normalized spacial score (nSPS) is 18.7. The molecule has 112 valence electrons. The Labute approximate surface area is 123 Å². The van der Waals surface area contributed by atoms with Crippen LogP contribution in [0.1, 0.15) is 66.4 Å².